The van der Waals surface area contributed by atoms with E-state index in [1.807, 2.05) is 0 Å². The van der Waals surface area contributed by atoms with Gasteiger partial charge in [0.25, 0.3) is 0 Å². The van der Waals surface area contributed by atoms with Gasteiger partial charge in [-0.1, -0.05) is 87.8 Å². The molecule has 0 aliphatic heterocycles. The fourth-order valence-corrected chi connectivity index (χ4v) is 3.21. The van der Waals surface area contributed by atoms with Crippen molar-refractivity contribution in [1.82, 2.24) is 0 Å². The smallest absolute Gasteiger partial charge is 0.170 e. The van der Waals surface area contributed by atoms with E-state index in [0.717, 1.165) is 0 Å². The molecule has 2 nitrogen and oxygen atoms in total. The molecular formula is C25H38O2Sn-4. The molecule has 3 fully saturated rings. The summed E-state index contributed by atoms with van der Waals surface area (Å²) >= 11 is 0. The molecule has 0 saturated heterocycles. The Hall–Kier alpha value is -0.511. The quantitative estimate of drug-likeness (QED) is 0.322. The minimum atomic E-state index is -0.458. The van der Waals surface area contributed by atoms with Gasteiger partial charge >= 0.3 is 0 Å². The zero-order valence-corrected chi connectivity index (χ0v) is 20.4. The molecule has 0 N–H and O–H groups in total. The van der Waals surface area contributed by atoms with E-state index < -0.39 is 11.2 Å². The molecule has 0 spiro atoms. The maximum absolute atomic E-state index is 10.5. The Labute approximate surface area is 190 Å². The first-order valence-electron chi connectivity index (χ1n) is 11.0. The van der Waals surface area contributed by atoms with E-state index in [-0.39, 0.29) is 23.9 Å². The van der Waals surface area contributed by atoms with Gasteiger partial charge in [-0.15, -0.1) is 0 Å². The van der Waals surface area contributed by atoms with E-state index in [1.54, 1.807) is 18.2 Å². The zero-order valence-electron chi connectivity index (χ0n) is 17.5. The first kappa shape index (κ1) is 27.5. The second-order valence-electron chi connectivity index (χ2n) is 7.42. The second-order valence-corrected chi connectivity index (χ2v) is 7.42. The summed E-state index contributed by atoms with van der Waals surface area (Å²) in [4.78, 5) is 10.5. The molecule has 0 unspecified atom stereocenters. The van der Waals surface area contributed by atoms with Crippen molar-refractivity contribution in [3.63, 3.8) is 0 Å². The second kappa shape index (κ2) is 21.2. The summed E-state index contributed by atoms with van der Waals surface area (Å²) < 4.78 is 0. The van der Waals surface area contributed by atoms with E-state index in [0.29, 0.717) is 0 Å². The van der Waals surface area contributed by atoms with Crippen LogP contribution in [-0.4, -0.2) is 23.9 Å². The molecule has 0 aromatic heterocycles. The average molecular weight is 489 g/mol. The van der Waals surface area contributed by atoms with E-state index in [2.05, 4.69) is 19.3 Å². The minimum absolute atomic E-state index is 0. The minimum Gasteiger partial charge on any atom is -0.870 e. The van der Waals surface area contributed by atoms with Gasteiger partial charge < -0.3 is 24.4 Å². The molecule has 3 heteroatoms. The molecule has 1 aromatic carbocycles. The molecule has 4 rings (SSSR count). The Morgan fingerprint density at radius 1 is 0.571 bits per heavy atom. The maximum Gasteiger partial charge on any atom is 0.170 e. The predicted molar refractivity (Wildman–Crippen MR) is 120 cm³/mol. The van der Waals surface area contributed by atoms with Crippen LogP contribution in [0.2, 0.25) is 0 Å². The molecule has 0 heterocycles. The zero-order chi connectivity index (χ0) is 19.4. The van der Waals surface area contributed by atoms with Gasteiger partial charge in [-0.3, -0.25) is 4.79 Å². The van der Waals surface area contributed by atoms with Crippen LogP contribution in [0, 0.1) is 19.3 Å². The molecule has 0 bridgehead atoms. The summed E-state index contributed by atoms with van der Waals surface area (Å²) in [6.07, 6.45) is 28.5. The normalized spacial score (nSPS) is 18.3. The summed E-state index contributed by atoms with van der Waals surface area (Å²) in [5.74, 6) is -0.458. The van der Waals surface area contributed by atoms with Gasteiger partial charge in [-0.2, -0.15) is 38.5 Å². The molecule has 158 valence electrons. The van der Waals surface area contributed by atoms with Crippen LogP contribution in [0.15, 0.2) is 35.1 Å². The molecular weight excluding hydrogens is 451 g/mol. The first-order chi connectivity index (χ1) is 13.3. The third-order valence-electron chi connectivity index (χ3n) is 4.91. The summed E-state index contributed by atoms with van der Waals surface area (Å²) in [6.45, 7) is 0. The number of hydrogen-bond acceptors (Lipinski definition) is 2. The summed E-state index contributed by atoms with van der Waals surface area (Å²) in [5, 5.41) is 10.5. The Balaban J connectivity index is 0.000000349. The Morgan fingerprint density at radius 2 is 0.929 bits per heavy atom. The number of rotatable bonds is 0. The third-order valence-corrected chi connectivity index (χ3v) is 4.91. The van der Waals surface area contributed by atoms with Crippen LogP contribution < -0.4 is 10.5 Å². The van der Waals surface area contributed by atoms with Gasteiger partial charge in [0, 0.05) is 23.9 Å². The first-order valence-corrected chi connectivity index (χ1v) is 11.0. The van der Waals surface area contributed by atoms with Crippen LogP contribution in [0.1, 0.15) is 96.3 Å². The van der Waals surface area contributed by atoms with Crippen LogP contribution in [-0.2, 0) is 0 Å². The summed E-state index contributed by atoms with van der Waals surface area (Å²) in [6, 6.07) is 7.24. The van der Waals surface area contributed by atoms with Crippen molar-refractivity contribution in [2.45, 2.75) is 96.3 Å². The van der Waals surface area contributed by atoms with Gasteiger partial charge in [0.1, 0.15) is 0 Å². The third kappa shape index (κ3) is 17.6. The van der Waals surface area contributed by atoms with Crippen LogP contribution in [0.4, 0.5) is 0 Å². The topological polar surface area (TPSA) is 40.1 Å². The maximum atomic E-state index is 10.5. The van der Waals surface area contributed by atoms with Crippen molar-refractivity contribution in [3.8, 4) is 5.75 Å². The van der Waals surface area contributed by atoms with Crippen molar-refractivity contribution in [1.29, 1.82) is 0 Å². The molecule has 3 aliphatic rings. The predicted octanol–water partition coefficient (Wildman–Crippen LogP) is 6.20. The van der Waals surface area contributed by atoms with Crippen molar-refractivity contribution >= 4 is 23.9 Å². The Bertz CT molecular complexity index is 429. The van der Waals surface area contributed by atoms with E-state index in [9.17, 15) is 9.90 Å². The van der Waals surface area contributed by atoms with E-state index in [4.69, 9.17) is 0 Å². The van der Waals surface area contributed by atoms with Crippen LogP contribution in [0.25, 0.3) is 0 Å². The summed E-state index contributed by atoms with van der Waals surface area (Å²) in [7, 11) is 0. The Kier molecular flexibility index (Phi) is 20.8. The fourth-order valence-electron chi connectivity index (χ4n) is 3.21. The summed E-state index contributed by atoms with van der Waals surface area (Å²) in [5.41, 5.74) is -0.458. The van der Waals surface area contributed by atoms with Gasteiger partial charge in [0.15, 0.2) is 5.43 Å². The van der Waals surface area contributed by atoms with Gasteiger partial charge in [0.2, 0.25) is 0 Å². The largest absolute Gasteiger partial charge is 0.870 e. The van der Waals surface area contributed by atoms with E-state index in [1.165, 1.54) is 108 Å². The van der Waals surface area contributed by atoms with Crippen LogP contribution >= 0.6 is 0 Å². The van der Waals surface area contributed by atoms with Gasteiger partial charge in [-0.05, 0) is 6.07 Å². The van der Waals surface area contributed by atoms with Gasteiger partial charge in [-0.25, -0.2) is 0 Å². The van der Waals surface area contributed by atoms with Crippen molar-refractivity contribution in [3.05, 3.63) is 59.8 Å². The van der Waals surface area contributed by atoms with Crippen molar-refractivity contribution in [2.75, 3.05) is 0 Å². The molecule has 28 heavy (non-hydrogen) atoms. The SMILES string of the molecule is O=c1cccccc1[O-].[CH-]1CCCCC1.[CH-]1CCCCC1.[CH-]1CCCCC1.[Sn]. The molecule has 1 aromatic rings. The van der Waals surface area contributed by atoms with Crippen LogP contribution in [0.5, 0.6) is 5.75 Å². The van der Waals surface area contributed by atoms with Crippen LogP contribution in [0.3, 0.4) is 0 Å². The van der Waals surface area contributed by atoms with Crippen molar-refractivity contribution in [2.24, 2.45) is 0 Å². The molecule has 3 aliphatic carbocycles. The molecule has 3 saturated carbocycles. The monoisotopic (exact) mass is 490 g/mol. The standard InChI is InChI=1S/C7H6O2.3C6H11.Sn/c8-6-4-2-1-3-5-7(6)9;3*1-2-4-6-5-3-1;/h1-5H,(H,8,9);3*1H,2-6H2;/q;3*-1;/p-1. The average Bonchev–Trinajstić information content (AvgIpc) is 2.97. The number of hydrogen-bond donors (Lipinski definition) is 0. The van der Waals surface area contributed by atoms with Gasteiger partial charge in [0.05, 0.1) is 0 Å². The van der Waals surface area contributed by atoms with E-state index >= 15 is 0 Å². The fraction of sp³-hybridized carbons (Fsp3) is 0.600. The molecule has 0 atom stereocenters. The Morgan fingerprint density at radius 3 is 1.21 bits per heavy atom. The molecule has 4 radical (unpaired) electrons. The van der Waals surface area contributed by atoms with Crippen molar-refractivity contribution < 1.29 is 5.11 Å². The molecule has 0 amide bonds.